The molecule has 0 aliphatic heterocycles. The van der Waals surface area contributed by atoms with Crippen molar-refractivity contribution in [3.8, 4) is 0 Å². The molecule has 0 radical (unpaired) electrons. The van der Waals surface area contributed by atoms with Crippen molar-refractivity contribution >= 4 is 0 Å². The van der Waals surface area contributed by atoms with Crippen LogP contribution in [0.15, 0.2) is 24.1 Å². The van der Waals surface area contributed by atoms with Gasteiger partial charge in [0.15, 0.2) is 0 Å². The lowest BCUT2D eigenvalue weighted by Gasteiger charge is -2.02. The van der Waals surface area contributed by atoms with Crippen LogP contribution in [0, 0.1) is 0 Å². The van der Waals surface area contributed by atoms with Crippen molar-refractivity contribution in [3.05, 3.63) is 24.1 Å². The number of ether oxygens (including phenoxy) is 1. The highest BCUT2D eigenvalue weighted by Crippen LogP contribution is 2.02. The van der Waals surface area contributed by atoms with Crippen LogP contribution in [0.3, 0.4) is 0 Å². The SMILES string of the molecule is C=C(/C=C(/N)C(C)F)OC. The molecular formula is C7H12FNO. The third-order valence-corrected chi connectivity index (χ3v) is 1.05. The van der Waals surface area contributed by atoms with Gasteiger partial charge in [-0.1, -0.05) is 6.58 Å². The minimum Gasteiger partial charge on any atom is -0.497 e. The Morgan fingerprint density at radius 2 is 2.30 bits per heavy atom. The first kappa shape index (κ1) is 9.01. The Morgan fingerprint density at radius 1 is 1.80 bits per heavy atom. The molecule has 3 heteroatoms. The Bertz CT molecular complexity index is 152. The molecule has 0 aromatic carbocycles. The maximum absolute atomic E-state index is 12.3. The summed E-state index contributed by atoms with van der Waals surface area (Å²) in [4.78, 5) is 0. The highest BCUT2D eigenvalue weighted by Gasteiger charge is 2.00. The maximum atomic E-state index is 12.3. The summed E-state index contributed by atoms with van der Waals surface area (Å²) in [6.45, 7) is 4.81. The van der Waals surface area contributed by atoms with Crippen LogP contribution >= 0.6 is 0 Å². The molecule has 0 heterocycles. The zero-order valence-electron chi connectivity index (χ0n) is 6.23. The summed E-state index contributed by atoms with van der Waals surface area (Å²) in [7, 11) is 1.45. The number of rotatable bonds is 3. The van der Waals surface area contributed by atoms with Crippen LogP contribution in [-0.4, -0.2) is 13.3 Å². The predicted molar refractivity (Wildman–Crippen MR) is 39.0 cm³/mol. The Labute approximate surface area is 60.2 Å². The molecule has 10 heavy (non-hydrogen) atoms. The fourth-order valence-electron chi connectivity index (χ4n) is 0.360. The number of allylic oxidation sites excluding steroid dienone is 2. The van der Waals surface area contributed by atoms with Gasteiger partial charge in [-0.25, -0.2) is 4.39 Å². The third kappa shape index (κ3) is 3.12. The van der Waals surface area contributed by atoms with E-state index < -0.39 is 6.17 Å². The number of halogens is 1. The van der Waals surface area contributed by atoms with Crippen molar-refractivity contribution in [2.24, 2.45) is 5.73 Å². The fourth-order valence-corrected chi connectivity index (χ4v) is 0.360. The molecule has 1 unspecified atom stereocenters. The summed E-state index contributed by atoms with van der Waals surface area (Å²) < 4.78 is 17.0. The summed E-state index contributed by atoms with van der Waals surface area (Å²) >= 11 is 0. The van der Waals surface area contributed by atoms with Crippen molar-refractivity contribution in [2.45, 2.75) is 13.1 Å². The van der Waals surface area contributed by atoms with Crippen LogP contribution in [-0.2, 0) is 4.74 Å². The molecule has 58 valence electrons. The summed E-state index contributed by atoms with van der Waals surface area (Å²) in [6, 6.07) is 0. The standard InChI is InChI=1S/C7H12FNO/c1-5(10-3)4-7(9)6(2)8/h4,6H,1,9H2,2-3H3/b7-4+. The molecule has 0 fully saturated rings. The van der Waals surface area contributed by atoms with Gasteiger partial charge in [-0.3, -0.25) is 0 Å². The van der Waals surface area contributed by atoms with E-state index in [1.54, 1.807) is 0 Å². The molecule has 0 amide bonds. The third-order valence-electron chi connectivity index (χ3n) is 1.05. The summed E-state index contributed by atoms with van der Waals surface area (Å²) in [5.74, 6) is 0.363. The zero-order chi connectivity index (χ0) is 8.15. The van der Waals surface area contributed by atoms with Gasteiger partial charge in [-0.15, -0.1) is 0 Å². The highest BCUT2D eigenvalue weighted by molar-refractivity contribution is 5.15. The van der Waals surface area contributed by atoms with E-state index in [4.69, 9.17) is 5.73 Å². The molecule has 2 nitrogen and oxygen atoms in total. The topological polar surface area (TPSA) is 35.2 Å². The van der Waals surface area contributed by atoms with Crippen LogP contribution in [0.2, 0.25) is 0 Å². The average Bonchev–Trinajstić information content (AvgIpc) is 1.87. The van der Waals surface area contributed by atoms with Crippen LogP contribution in [0.4, 0.5) is 4.39 Å². The van der Waals surface area contributed by atoms with Gasteiger partial charge in [0.1, 0.15) is 11.9 Å². The first-order chi connectivity index (χ1) is 4.57. The van der Waals surface area contributed by atoms with Gasteiger partial charge in [-0.2, -0.15) is 0 Å². The van der Waals surface area contributed by atoms with Crippen molar-refractivity contribution in [1.82, 2.24) is 0 Å². The van der Waals surface area contributed by atoms with E-state index in [1.165, 1.54) is 20.1 Å². The number of alkyl halides is 1. The molecular weight excluding hydrogens is 133 g/mol. The lowest BCUT2D eigenvalue weighted by molar-refractivity contribution is 0.306. The zero-order valence-corrected chi connectivity index (χ0v) is 6.23. The first-order valence-electron chi connectivity index (χ1n) is 2.92. The molecule has 1 atom stereocenters. The normalized spacial score (nSPS) is 14.5. The molecule has 0 aliphatic rings. The number of hydrogen-bond donors (Lipinski definition) is 1. The maximum Gasteiger partial charge on any atom is 0.137 e. The second-order valence-electron chi connectivity index (χ2n) is 1.93. The highest BCUT2D eigenvalue weighted by atomic mass is 19.1. The van der Waals surface area contributed by atoms with Crippen molar-refractivity contribution in [3.63, 3.8) is 0 Å². The Kier molecular flexibility index (Phi) is 3.54. The molecule has 0 aromatic heterocycles. The fraction of sp³-hybridized carbons (Fsp3) is 0.429. The van der Waals surface area contributed by atoms with Crippen LogP contribution in [0.1, 0.15) is 6.92 Å². The van der Waals surface area contributed by atoms with Gasteiger partial charge in [0.25, 0.3) is 0 Å². The Balaban J connectivity index is 4.03. The lowest BCUT2D eigenvalue weighted by atomic mass is 10.3. The predicted octanol–water partition coefficient (Wildman–Crippen LogP) is 1.35. The quantitative estimate of drug-likeness (QED) is 0.480. The van der Waals surface area contributed by atoms with Crippen molar-refractivity contribution < 1.29 is 9.13 Å². The van der Waals surface area contributed by atoms with Gasteiger partial charge in [0.2, 0.25) is 0 Å². The molecule has 0 rings (SSSR count). The minimum atomic E-state index is -1.15. The van der Waals surface area contributed by atoms with Crippen LogP contribution < -0.4 is 5.73 Å². The second-order valence-corrected chi connectivity index (χ2v) is 1.93. The molecule has 0 spiro atoms. The number of nitrogens with two attached hydrogens (primary N) is 1. The summed E-state index contributed by atoms with van der Waals surface area (Å²) in [5.41, 5.74) is 5.37. The van der Waals surface area contributed by atoms with Gasteiger partial charge < -0.3 is 10.5 Å². The molecule has 0 saturated carbocycles. The van der Waals surface area contributed by atoms with Crippen molar-refractivity contribution in [1.29, 1.82) is 0 Å². The molecule has 0 aromatic rings. The summed E-state index contributed by atoms with van der Waals surface area (Å²) in [5, 5.41) is 0. The molecule has 2 N–H and O–H groups in total. The Morgan fingerprint density at radius 3 is 2.60 bits per heavy atom. The first-order valence-corrected chi connectivity index (χ1v) is 2.92. The van der Waals surface area contributed by atoms with E-state index in [9.17, 15) is 4.39 Å². The monoisotopic (exact) mass is 145 g/mol. The lowest BCUT2D eigenvalue weighted by Crippen LogP contribution is -2.08. The average molecular weight is 145 g/mol. The van der Waals surface area contributed by atoms with E-state index in [-0.39, 0.29) is 5.70 Å². The second kappa shape index (κ2) is 3.93. The van der Waals surface area contributed by atoms with Crippen LogP contribution in [0.5, 0.6) is 0 Å². The van der Waals surface area contributed by atoms with E-state index >= 15 is 0 Å². The molecule has 0 saturated heterocycles. The largest absolute Gasteiger partial charge is 0.497 e. The number of methoxy groups -OCH3 is 1. The van der Waals surface area contributed by atoms with Gasteiger partial charge in [0.05, 0.1) is 7.11 Å². The molecule has 0 aliphatic carbocycles. The van der Waals surface area contributed by atoms with Crippen LogP contribution in [0.25, 0.3) is 0 Å². The van der Waals surface area contributed by atoms with Gasteiger partial charge in [-0.05, 0) is 6.92 Å². The molecule has 0 bridgehead atoms. The van der Waals surface area contributed by atoms with E-state index in [2.05, 4.69) is 11.3 Å². The Hall–Kier alpha value is -0.990. The smallest absolute Gasteiger partial charge is 0.137 e. The summed E-state index contributed by atoms with van der Waals surface area (Å²) in [6.07, 6.45) is 0.219. The van der Waals surface area contributed by atoms with Gasteiger partial charge >= 0.3 is 0 Å². The van der Waals surface area contributed by atoms with E-state index in [1.807, 2.05) is 0 Å². The minimum absolute atomic E-state index is 0.131. The van der Waals surface area contributed by atoms with E-state index in [0.717, 1.165) is 0 Å². The van der Waals surface area contributed by atoms with E-state index in [0.29, 0.717) is 5.76 Å². The van der Waals surface area contributed by atoms with Gasteiger partial charge in [0, 0.05) is 11.8 Å². The van der Waals surface area contributed by atoms with Crippen molar-refractivity contribution in [2.75, 3.05) is 7.11 Å². The number of hydrogen-bond acceptors (Lipinski definition) is 2.